The third kappa shape index (κ3) is 5.46. The SMILES string of the molecule is CCCCc1cc(CCCC)cc(C(=O)OCC)c1. The van der Waals surface area contributed by atoms with E-state index in [4.69, 9.17) is 4.74 Å². The molecule has 1 rings (SSSR count). The molecule has 1 aromatic carbocycles. The van der Waals surface area contributed by atoms with Gasteiger partial charge in [0, 0.05) is 0 Å². The number of hydrogen-bond acceptors (Lipinski definition) is 2. The minimum atomic E-state index is -0.196. The zero-order valence-corrected chi connectivity index (χ0v) is 12.5. The lowest BCUT2D eigenvalue weighted by molar-refractivity contribution is 0.0526. The van der Waals surface area contributed by atoms with Crippen LogP contribution < -0.4 is 0 Å². The molecule has 0 aliphatic rings. The number of hydrogen-bond donors (Lipinski definition) is 0. The Labute approximate surface area is 117 Å². The Bertz CT molecular complexity index is 370. The largest absolute Gasteiger partial charge is 0.462 e. The summed E-state index contributed by atoms with van der Waals surface area (Å²) in [5.74, 6) is -0.196. The fourth-order valence-corrected chi connectivity index (χ4v) is 2.15. The molecule has 0 aliphatic heterocycles. The molecule has 0 saturated carbocycles. The summed E-state index contributed by atoms with van der Waals surface area (Å²) in [6, 6.07) is 6.22. The molecule has 0 aliphatic carbocycles. The van der Waals surface area contributed by atoms with Gasteiger partial charge >= 0.3 is 5.97 Å². The average molecular weight is 262 g/mol. The number of carbonyl (C=O) groups is 1. The van der Waals surface area contributed by atoms with Crippen LogP contribution in [-0.4, -0.2) is 12.6 Å². The Balaban J connectivity index is 2.90. The van der Waals surface area contributed by atoms with Gasteiger partial charge in [-0.25, -0.2) is 4.79 Å². The van der Waals surface area contributed by atoms with Gasteiger partial charge in [-0.1, -0.05) is 32.8 Å². The van der Waals surface area contributed by atoms with Crippen LogP contribution in [0, 0.1) is 0 Å². The molecule has 2 nitrogen and oxygen atoms in total. The van der Waals surface area contributed by atoms with Crippen molar-refractivity contribution in [1.82, 2.24) is 0 Å². The molecule has 1 aromatic rings. The van der Waals surface area contributed by atoms with Crippen LogP contribution in [0.5, 0.6) is 0 Å². The lowest BCUT2D eigenvalue weighted by Crippen LogP contribution is -2.06. The predicted octanol–water partition coefficient (Wildman–Crippen LogP) is 4.55. The average Bonchev–Trinajstić information content (AvgIpc) is 2.43. The van der Waals surface area contributed by atoms with Crippen molar-refractivity contribution in [3.05, 3.63) is 34.9 Å². The second-order valence-electron chi connectivity index (χ2n) is 4.97. The molecule has 0 aromatic heterocycles. The Morgan fingerprint density at radius 2 is 1.47 bits per heavy atom. The van der Waals surface area contributed by atoms with Gasteiger partial charge in [-0.2, -0.15) is 0 Å². The summed E-state index contributed by atoms with van der Waals surface area (Å²) in [4.78, 5) is 11.9. The highest BCUT2D eigenvalue weighted by molar-refractivity contribution is 5.89. The Morgan fingerprint density at radius 3 is 1.89 bits per heavy atom. The molecule has 0 amide bonds. The van der Waals surface area contributed by atoms with Gasteiger partial charge in [-0.3, -0.25) is 0 Å². The summed E-state index contributed by atoms with van der Waals surface area (Å²) in [6.07, 6.45) is 6.77. The maximum atomic E-state index is 11.9. The summed E-state index contributed by atoms with van der Waals surface area (Å²) < 4.78 is 5.11. The molecule has 0 spiro atoms. The van der Waals surface area contributed by atoms with Crippen LogP contribution in [0.15, 0.2) is 18.2 Å². The number of unbranched alkanes of at least 4 members (excludes halogenated alkanes) is 2. The third-order valence-electron chi connectivity index (χ3n) is 3.20. The van der Waals surface area contributed by atoms with Gasteiger partial charge in [0.05, 0.1) is 12.2 Å². The van der Waals surface area contributed by atoms with Gasteiger partial charge in [-0.05, 0) is 55.9 Å². The van der Waals surface area contributed by atoms with Crippen LogP contribution in [0.3, 0.4) is 0 Å². The fraction of sp³-hybridized carbons (Fsp3) is 0.588. The highest BCUT2D eigenvalue weighted by Gasteiger charge is 2.09. The quantitative estimate of drug-likeness (QED) is 0.642. The molecule has 0 saturated heterocycles. The van der Waals surface area contributed by atoms with E-state index in [0.717, 1.165) is 12.8 Å². The Kier molecular flexibility index (Phi) is 7.24. The van der Waals surface area contributed by atoms with Crippen molar-refractivity contribution in [2.24, 2.45) is 0 Å². The predicted molar refractivity (Wildman–Crippen MR) is 79.6 cm³/mol. The number of rotatable bonds is 8. The van der Waals surface area contributed by atoms with E-state index in [-0.39, 0.29) is 5.97 Å². The van der Waals surface area contributed by atoms with Crippen LogP contribution in [0.1, 0.15) is 67.9 Å². The van der Waals surface area contributed by atoms with Crippen molar-refractivity contribution in [2.75, 3.05) is 6.61 Å². The van der Waals surface area contributed by atoms with Crippen molar-refractivity contribution < 1.29 is 9.53 Å². The summed E-state index contributed by atoms with van der Waals surface area (Å²) >= 11 is 0. The normalized spacial score (nSPS) is 10.5. The molecule has 0 unspecified atom stereocenters. The van der Waals surface area contributed by atoms with Crippen LogP contribution >= 0.6 is 0 Å². The fourth-order valence-electron chi connectivity index (χ4n) is 2.15. The summed E-state index contributed by atoms with van der Waals surface area (Å²) in [6.45, 7) is 6.65. The molecular formula is C17H26O2. The first-order valence-corrected chi connectivity index (χ1v) is 7.51. The number of benzene rings is 1. The second-order valence-corrected chi connectivity index (χ2v) is 4.97. The molecule has 106 valence electrons. The first-order valence-electron chi connectivity index (χ1n) is 7.51. The third-order valence-corrected chi connectivity index (χ3v) is 3.20. The molecule has 0 bridgehead atoms. The summed E-state index contributed by atoms with van der Waals surface area (Å²) in [7, 11) is 0. The van der Waals surface area contributed by atoms with E-state index in [9.17, 15) is 4.79 Å². The topological polar surface area (TPSA) is 26.3 Å². The van der Waals surface area contributed by atoms with E-state index in [0.29, 0.717) is 12.2 Å². The highest BCUT2D eigenvalue weighted by atomic mass is 16.5. The van der Waals surface area contributed by atoms with E-state index in [2.05, 4.69) is 19.9 Å². The standard InChI is InChI=1S/C17H26O2/c1-4-7-9-14-11-15(10-8-5-2)13-16(12-14)17(18)19-6-3/h11-13H,4-10H2,1-3H3. The summed E-state index contributed by atoms with van der Waals surface area (Å²) in [5.41, 5.74) is 3.23. The molecule has 0 atom stereocenters. The molecule has 0 N–H and O–H groups in total. The minimum absolute atomic E-state index is 0.196. The minimum Gasteiger partial charge on any atom is -0.462 e. The Morgan fingerprint density at radius 1 is 0.947 bits per heavy atom. The zero-order valence-electron chi connectivity index (χ0n) is 12.5. The number of esters is 1. The van der Waals surface area contributed by atoms with Crippen molar-refractivity contribution >= 4 is 5.97 Å². The van der Waals surface area contributed by atoms with E-state index < -0.39 is 0 Å². The maximum absolute atomic E-state index is 11.9. The maximum Gasteiger partial charge on any atom is 0.338 e. The zero-order chi connectivity index (χ0) is 14.1. The van der Waals surface area contributed by atoms with E-state index in [1.54, 1.807) is 0 Å². The number of aryl methyl sites for hydroxylation is 2. The van der Waals surface area contributed by atoms with Gasteiger partial charge in [-0.15, -0.1) is 0 Å². The van der Waals surface area contributed by atoms with Crippen molar-refractivity contribution in [3.8, 4) is 0 Å². The van der Waals surface area contributed by atoms with Crippen molar-refractivity contribution in [3.63, 3.8) is 0 Å². The highest BCUT2D eigenvalue weighted by Crippen LogP contribution is 2.16. The molecule has 2 heteroatoms. The van der Waals surface area contributed by atoms with Crippen LogP contribution in [-0.2, 0) is 17.6 Å². The van der Waals surface area contributed by atoms with E-state index in [1.807, 2.05) is 19.1 Å². The van der Waals surface area contributed by atoms with Crippen molar-refractivity contribution in [2.45, 2.75) is 59.3 Å². The molecular weight excluding hydrogens is 236 g/mol. The van der Waals surface area contributed by atoms with Crippen molar-refractivity contribution in [1.29, 1.82) is 0 Å². The molecule has 19 heavy (non-hydrogen) atoms. The molecule has 0 radical (unpaired) electrons. The van der Waals surface area contributed by atoms with Gasteiger partial charge in [0.1, 0.15) is 0 Å². The smallest absolute Gasteiger partial charge is 0.338 e. The van der Waals surface area contributed by atoms with Crippen LogP contribution in [0.4, 0.5) is 0 Å². The monoisotopic (exact) mass is 262 g/mol. The van der Waals surface area contributed by atoms with E-state index in [1.165, 1.54) is 36.8 Å². The van der Waals surface area contributed by atoms with Gasteiger partial charge in [0.25, 0.3) is 0 Å². The first kappa shape index (κ1) is 15.7. The first-order chi connectivity index (χ1) is 9.21. The van der Waals surface area contributed by atoms with Crippen LogP contribution in [0.25, 0.3) is 0 Å². The second kappa shape index (κ2) is 8.73. The summed E-state index contributed by atoms with van der Waals surface area (Å²) in [5, 5.41) is 0. The lowest BCUT2D eigenvalue weighted by atomic mass is 9.99. The number of carbonyl (C=O) groups excluding carboxylic acids is 1. The molecule has 0 heterocycles. The van der Waals surface area contributed by atoms with Gasteiger partial charge < -0.3 is 4.74 Å². The Hall–Kier alpha value is -1.31. The number of ether oxygens (including phenoxy) is 1. The van der Waals surface area contributed by atoms with Gasteiger partial charge in [0.15, 0.2) is 0 Å². The van der Waals surface area contributed by atoms with Gasteiger partial charge in [0.2, 0.25) is 0 Å². The van der Waals surface area contributed by atoms with E-state index >= 15 is 0 Å². The lowest BCUT2D eigenvalue weighted by Gasteiger charge is -2.09. The molecule has 0 fully saturated rings. The van der Waals surface area contributed by atoms with Crippen LogP contribution in [0.2, 0.25) is 0 Å².